The predicted octanol–water partition coefficient (Wildman–Crippen LogP) is 3.36. The Balaban J connectivity index is 0.000000132. The van der Waals surface area contributed by atoms with Crippen LogP contribution in [0.4, 0.5) is 0 Å². The van der Waals surface area contributed by atoms with E-state index < -0.39 is 0 Å². The summed E-state index contributed by atoms with van der Waals surface area (Å²) in [6.45, 7) is 4.53. The third-order valence-electron chi connectivity index (χ3n) is 3.31. The Morgan fingerprint density at radius 3 is 1.62 bits per heavy atom. The Hall–Kier alpha value is -0.0400. The second kappa shape index (κ2) is 5.64. The van der Waals surface area contributed by atoms with Crippen LogP contribution < -0.4 is 0 Å². The molecule has 0 aromatic carbocycles. The van der Waals surface area contributed by atoms with Gasteiger partial charge < -0.3 is 5.11 Å². The van der Waals surface area contributed by atoms with Gasteiger partial charge in [0.15, 0.2) is 0 Å². The van der Waals surface area contributed by atoms with Gasteiger partial charge in [-0.3, -0.25) is 0 Å². The van der Waals surface area contributed by atoms with Crippen LogP contribution in [0.25, 0.3) is 0 Å². The zero-order valence-electron chi connectivity index (χ0n) is 9.13. The van der Waals surface area contributed by atoms with Crippen LogP contribution in [-0.4, -0.2) is 11.2 Å². The lowest BCUT2D eigenvalue weighted by molar-refractivity contribution is 0.179. The number of aliphatic hydroxyl groups excluding tert-OH is 1. The van der Waals surface area contributed by atoms with Crippen LogP contribution in [0, 0.1) is 11.8 Å². The summed E-state index contributed by atoms with van der Waals surface area (Å²) >= 11 is 0. The lowest BCUT2D eigenvalue weighted by Crippen LogP contribution is -1.97. The van der Waals surface area contributed by atoms with E-state index in [4.69, 9.17) is 5.11 Å². The van der Waals surface area contributed by atoms with Crippen molar-refractivity contribution < 1.29 is 5.11 Å². The molecule has 1 nitrogen and oxygen atoms in total. The van der Waals surface area contributed by atoms with Crippen molar-refractivity contribution in [1.29, 1.82) is 0 Å². The summed E-state index contributed by atoms with van der Waals surface area (Å²) < 4.78 is 0. The Labute approximate surface area is 82.5 Å². The fourth-order valence-electron chi connectivity index (χ4n) is 2.31. The van der Waals surface area contributed by atoms with Crippen LogP contribution >= 0.6 is 0 Å². The maximum absolute atomic E-state index is 8.90. The predicted molar refractivity (Wildman–Crippen MR) is 56.7 cm³/mol. The molecule has 2 rings (SSSR count). The van der Waals surface area contributed by atoms with Gasteiger partial charge >= 0.3 is 0 Å². The highest BCUT2D eigenvalue weighted by Crippen LogP contribution is 2.24. The molecule has 2 atom stereocenters. The van der Waals surface area contributed by atoms with Crippen LogP contribution in [0.3, 0.4) is 0 Å². The van der Waals surface area contributed by atoms with E-state index in [1.165, 1.54) is 32.1 Å². The fourth-order valence-corrected chi connectivity index (χ4v) is 2.31. The van der Waals surface area contributed by atoms with Crippen molar-refractivity contribution in [3.8, 4) is 0 Å². The Morgan fingerprint density at radius 1 is 0.846 bits per heavy atom. The third-order valence-corrected chi connectivity index (χ3v) is 3.31. The highest BCUT2D eigenvalue weighted by Gasteiger charge is 2.17. The van der Waals surface area contributed by atoms with Gasteiger partial charge in [0.1, 0.15) is 0 Å². The molecule has 2 saturated carbocycles. The van der Waals surface area contributed by atoms with Crippen molar-refractivity contribution in [3.05, 3.63) is 0 Å². The van der Waals surface area contributed by atoms with Gasteiger partial charge in [-0.15, -0.1) is 0 Å². The molecule has 0 aromatic heterocycles. The molecule has 0 saturated heterocycles. The molecule has 78 valence electrons. The van der Waals surface area contributed by atoms with Crippen molar-refractivity contribution in [3.63, 3.8) is 0 Å². The van der Waals surface area contributed by atoms with E-state index >= 15 is 0 Å². The molecule has 0 bridgehead atoms. The van der Waals surface area contributed by atoms with E-state index in [9.17, 15) is 0 Å². The zero-order valence-corrected chi connectivity index (χ0v) is 9.13. The van der Waals surface area contributed by atoms with Crippen LogP contribution in [0.2, 0.25) is 0 Å². The molecule has 1 heteroatoms. The standard InChI is InChI=1S/C6H12O.C6H12/c1-5-2-3-6(7)4-5;1-6-4-2-3-5-6/h5-7H,2-4H2,1H3;6H,2-5H2,1H3. The highest BCUT2D eigenvalue weighted by molar-refractivity contribution is 4.70. The first-order valence-electron chi connectivity index (χ1n) is 5.86. The van der Waals surface area contributed by atoms with Crippen molar-refractivity contribution in [2.24, 2.45) is 11.8 Å². The van der Waals surface area contributed by atoms with Crippen molar-refractivity contribution in [2.75, 3.05) is 0 Å². The molecule has 2 unspecified atom stereocenters. The Bertz CT molecular complexity index is 119. The van der Waals surface area contributed by atoms with Crippen molar-refractivity contribution >= 4 is 0 Å². The van der Waals surface area contributed by atoms with Gasteiger partial charge in [-0.2, -0.15) is 0 Å². The fraction of sp³-hybridized carbons (Fsp3) is 1.00. The molecular formula is C12H24O. The molecule has 0 aliphatic heterocycles. The summed E-state index contributed by atoms with van der Waals surface area (Å²) in [6, 6.07) is 0. The molecule has 1 N–H and O–H groups in total. The SMILES string of the molecule is CC1CCC(O)C1.CC1CCCC1. The quantitative estimate of drug-likeness (QED) is 0.612. The molecule has 0 amide bonds. The Morgan fingerprint density at radius 2 is 1.46 bits per heavy atom. The lowest BCUT2D eigenvalue weighted by Gasteiger charge is -1.95. The van der Waals surface area contributed by atoms with Crippen LogP contribution in [-0.2, 0) is 0 Å². The van der Waals surface area contributed by atoms with Gasteiger partial charge in [-0.05, 0) is 31.1 Å². The van der Waals surface area contributed by atoms with Gasteiger partial charge in [0, 0.05) is 0 Å². The smallest absolute Gasteiger partial charge is 0.0542 e. The van der Waals surface area contributed by atoms with E-state index in [1.807, 2.05) is 0 Å². The van der Waals surface area contributed by atoms with Gasteiger partial charge in [-0.25, -0.2) is 0 Å². The monoisotopic (exact) mass is 184 g/mol. The normalized spacial score (nSPS) is 34.4. The lowest BCUT2D eigenvalue weighted by atomic mass is 10.1. The summed E-state index contributed by atoms with van der Waals surface area (Å²) in [5.41, 5.74) is 0. The Kier molecular flexibility index (Phi) is 4.79. The number of aliphatic hydroxyl groups is 1. The minimum Gasteiger partial charge on any atom is -0.393 e. The molecule has 2 aliphatic rings. The first-order chi connectivity index (χ1) is 6.18. The van der Waals surface area contributed by atoms with Crippen LogP contribution in [0.1, 0.15) is 58.8 Å². The molecule has 2 fully saturated rings. The summed E-state index contributed by atoms with van der Waals surface area (Å²) in [6.07, 6.45) is 9.25. The molecule has 2 aliphatic carbocycles. The average molecular weight is 184 g/mol. The third kappa shape index (κ3) is 4.66. The number of hydrogen-bond acceptors (Lipinski definition) is 1. The molecular weight excluding hydrogens is 160 g/mol. The van der Waals surface area contributed by atoms with E-state index in [-0.39, 0.29) is 6.10 Å². The van der Waals surface area contributed by atoms with Crippen LogP contribution in [0.5, 0.6) is 0 Å². The van der Waals surface area contributed by atoms with Gasteiger partial charge in [0.2, 0.25) is 0 Å². The minimum atomic E-state index is 0.0231. The van der Waals surface area contributed by atoms with Gasteiger partial charge in [0.25, 0.3) is 0 Å². The summed E-state index contributed by atoms with van der Waals surface area (Å²) in [4.78, 5) is 0. The van der Waals surface area contributed by atoms with Gasteiger partial charge in [0.05, 0.1) is 6.10 Å². The molecule has 0 spiro atoms. The summed E-state index contributed by atoms with van der Waals surface area (Å²) in [5, 5.41) is 8.90. The van der Waals surface area contributed by atoms with E-state index in [1.54, 1.807) is 0 Å². The minimum absolute atomic E-state index is 0.0231. The summed E-state index contributed by atoms with van der Waals surface area (Å²) in [5.74, 6) is 1.82. The van der Waals surface area contributed by atoms with E-state index in [0.717, 1.165) is 24.7 Å². The molecule has 0 radical (unpaired) electrons. The maximum atomic E-state index is 8.90. The van der Waals surface area contributed by atoms with E-state index in [0.29, 0.717) is 0 Å². The second-order valence-electron chi connectivity index (χ2n) is 4.96. The zero-order chi connectivity index (χ0) is 9.68. The molecule has 13 heavy (non-hydrogen) atoms. The highest BCUT2D eigenvalue weighted by atomic mass is 16.3. The number of hydrogen-bond donors (Lipinski definition) is 1. The number of rotatable bonds is 0. The van der Waals surface area contributed by atoms with Crippen LogP contribution in [0.15, 0.2) is 0 Å². The maximum Gasteiger partial charge on any atom is 0.0542 e. The molecule has 0 heterocycles. The molecule has 0 aromatic rings. The average Bonchev–Trinajstić information content (AvgIpc) is 2.64. The van der Waals surface area contributed by atoms with Crippen molar-refractivity contribution in [1.82, 2.24) is 0 Å². The largest absolute Gasteiger partial charge is 0.393 e. The summed E-state index contributed by atoms with van der Waals surface area (Å²) in [7, 11) is 0. The topological polar surface area (TPSA) is 20.2 Å². The second-order valence-corrected chi connectivity index (χ2v) is 4.96. The van der Waals surface area contributed by atoms with Gasteiger partial charge in [-0.1, -0.05) is 39.5 Å². The van der Waals surface area contributed by atoms with Crippen molar-refractivity contribution in [2.45, 2.75) is 64.9 Å². The first-order valence-corrected chi connectivity index (χ1v) is 5.86. The first kappa shape index (κ1) is 11.0. The van der Waals surface area contributed by atoms with E-state index in [2.05, 4.69) is 13.8 Å².